The van der Waals surface area contributed by atoms with Crippen LogP contribution < -0.4 is 5.32 Å². The second-order valence-electron chi connectivity index (χ2n) is 6.89. The number of rotatable bonds is 4. The average Bonchev–Trinajstić information content (AvgIpc) is 2.35. The molecule has 0 bridgehead atoms. The summed E-state index contributed by atoms with van der Waals surface area (Å²) in [5.74, 6) is -0.691. The van der Waals surface area contributed by atoms with Gasteiger partial charge < -0.3 is 10.4 Å². The molecule has 116 valence electrons. The van der Waals surface area contributed by atoms with E-state index < -0.39 is 11.4 Å². The van der Waals surface area contributed by atoms with Gasteiger partial charge in [0.2, 0.25) is 5.91 Å². The maximum atomic E-state index is 12.2. The van der Waals surface area contributed by atoms with Crippen LogP contribution >= 0.6 is 0 Å². The molecule has 0 aliphatic carbocycles. The monoisotopic (exact) mass is 284 g/mol. The molecule has 1 atom stereocenters. The summed E-state index contributed by atoms with van der Waals surface area (Å²) in [6.45, 7) is 11.0. The van der Waals surface area contributed by atoms with Crippen molar-refractivity contribution in [3.05, 3.63) is 0 Å². The normalized spacial score (nSPS) is 21.2. The number of carboxylic acids is 1. The van der Waals surface area contributed by atoms with Gasteiger partial charge in [-0.15, -0.1) is 0 Å². The Morgan fingerprint density at radius 1 is 1.30 bits per heavy atom. The quantitative estimate of drug-likeness (QED) is 0.827. The molecule has 0 aromatic heterocycles. The first-order valence-corrected chi connectivity index (χ1v) is 7.41. The Hall–Kier alpha value is -1.10. The number of carbonyl (C=O) groups is 2. The van der Waals surface area contributed by atoms with Crippen LogP contribution in [0.5, 0.6) is 0 Å². The number of nitrogens with zero attached hydrogens (tertiary/aromatic N) is 1. The van der Waals surface area contributed by atoms with Gasteiger partial charge in [0, 0.05) is 18.6 Å². The fourth-order valence-corrected chi connectivity index (χ4v) is 2.70. The van der Waals surface area contributed by atoms with Crippen LogP contribution in [-0.2, 0) is 9.59 Å². The molecule has 20 heavy (non-hydrogen) atoms. The van der Waals surface area contributed by atoms with Crippen LogP contribution in [0.15, 0.2) is 0 Å². The van der Waals surface area contributed by atoms with Crippen LogP contribution in [0, 0.1) is 5.41 Å². The third-order valence-corrected chi connectivity index (χ3v) is 4.31. The van der Waals surface area contributed by atoms with Crippen LogP contribution in [0.3, 0.4) is 0 Å². The zero-order valence-electron chi connectivity index (χ0n) is 13.3. The number of carbonyl (C=O) groups excluding carboxylic acids is 1. The number of amides is 1. The van der Waals surface area contributed by atoms with E-state index in [-0.39, 0.29) is 17.5 Å². The highest BCUT2D eigenvalue weighted by molar-refractivity contribution is 5.82. The smallest absolute Gasteiger partial charge is 0.309 e. The molecule has 0 aromatic carbocycles. The number of likely N-dealkylation sites (tertiary alicyclic amines) is 1. The Balaban J connectivity index is 2.61. The van der Waals surface area contributed by atoms with Crippen molar-refractivity contribution in [2.75, 3.05) is 13.1 Å². The number of carboxylic acid groups (broad SMARTS) is 1. The van der Waals surface area contributed by atoms with Crippen molar-refractivity contribution in [1.29, 1.82) is 0 Å². The minimum atomic E-state index is -0.702. The van der Waals surface area contributed by atoms with Crippen molar-refractivity contribution in [3.8, 4) is 0 Å². The Kier molecular flexibility index (Phi) is 5.19. The second-order valence-corrected chi connectivity index (χ2v) is 6.89. The van der Waals surface area contributed by atoms with E-state index in [1.54, 1.807) is 0 Å². The Morgan fingerprint density at radius 3 is 2.15 bits per heavy atom. The standard InChI is InChI=1S/C15H28N2O3/c1-6-15(13(19)20)7-9-17(10-8-15)11(2)12(18)16-14(3,4)5/h11H,6-10H2,1-5H3,(H,16,18)(H,19,20). The molecule has 1 saturated heterocycles. The van der Waals surface area contributed by atoms with Gasteiger partial charge in [-0.2, -0.15) is 0 Å². The number of aliphatic carboxylic acids is 1. The lowest BCUT2D eigenvalue weighted by Gasteiger charge is -2.40. The number of piperidine rings is 1. The maximum absolute atomic E-state index is 12.2. The van der Waals surface area contributed by atoms with Gasteiger partial charge in [-0.05, 0) is 47.0 Å². The van der Waals surface area contributed by atoms with E-state index >= 15 is 0 Å². The molecule has 0 saturated carbocycles. The van der Waals surface area contributed by atoms with Gasteiger partial charge in [-0.3, -0.25) is 14.5 Å². The maximum Gasteiger partial charge on any atom is 0.309 e. The van der Waals surface area contributed by atoms with Gasteiger partial charge in [0.1, 0.15) is 0 Å². The Morgan fingerprint density at radius 2 is 1.80 bits per heavy atom. The summed E-state index contributed by atoms with van der Waals surface area (Å²) in [6, 6.07) is -0.210. The lowest BCUT2D eigenvalue weighted by atomic mass is 9.76. The van der Waals surface area contributed by atoms with Crippen molar-refractivity contribution in [3.63, 3.8) is 0 Å². The molecular weight excluding hydrogens is 256 g/mol. The SMILES string of the molecule is CCC1(C(=O)O)CCN(C(C)C(=O)NC(C)(C)C)CC1. The number of nitrogens with one attached hydrogen (secondary N) is 1. The second kappa shape index (κ2) is 6.12. The highest BCUT2D eigenvalue weighted by atomic mass is 16.4. The molecule has 1 amide bonds. The van der Waals surface area contributed by atoms with Gasteiger partial charge in [0.05, 0.1) is 11.5 Å². The van der Waals surface area contributed by atoms with Crippen molar-refractivity contribution in [2.24, 2.45) is 5.41 Å². The summed E-state index contributed by atoms with van der Waals surface area (Å²) in [5.41, 5.74) is -0.841. The van der Waals surface area contributed by atoms with E-state index in [2.05, 4.69) is 10.2 Å². The highest BCUT2D eigenvalue weighted by Crippen LogP contribution is 2.35. The topological polar surface area (TPSA) is 69.6 Å². The third kappa shape index (κ3) is 3.95. The molecule has 5 nitrogen and oxygen atoms in total. The third-order valence-electron chi connectivity index (χ3n) is 4.31. The molecule has 0 aromatic rings. The van der Waals surface area contributed by atoms with Gasteiger partial charge in [-0.1, -0.05) is 6.92 Å². The molecule has 1 rings (SSSR count). The van der Waals surface area contributed by atoms with E-state index in [1.807, 2.05) is 34.6 Å². The van der Waals surface area contributed by atoms with E-state index in [1.165, 1.54) is 0 Å². The highest BCUT2D eigenvalue weighted by Gasteiger charge is 2.41. The molecule has 0 spiro atoms. The molecule has 1 aliphatic heterocycles. The summed E-state index contributed by atoms with van der Waals surface area (Å²) in [6.07, 6.45) is 1.89. The minimum Gasteiger partial charge on any atom is -0.481 e. The van der Waals surface area contributed by atoms with E-state index in [4.69, 9.17) is 0 Å². The predicted octanol–water partition coefficient (Wildman–Crippen LogP) is 1.87. The summed E-state index contributed by atoms with van der Waals surface area (Å²) < 4.78 is 0. The van der Waals surface area contributed by atoms with Crippen molar-refractivity contribution >= 4 is 11.9 Å². The van der Waals surface area contributed by atoms with Gasteiger partial charge >= 0.3 is 5.97 Å². The Bertz CT molecular complexity index is 366. The molecule has 1 heterocycles. The van der Waals surface area contributed by atoms with Gasteiger partial charge in [0.25, 0.3) is 0 Å². The molecule has 0 radical (unpaired) electrons. The minimum absolute atomic E-state index is 0.0109. The first-order chi connectivity index (χ1) is 9.11. The molecule has 1 aliphatic rings. The number of hydrogen-bond donors (Lipinski definition) is 2. The average molecular weight is 284 g/mol. The lowest BCUT2D eigenvalue weighted by molar-refractivity contribution is -0.153. The number of hydrogen-bond acceptors (Lipinski definition) is 3. The van der Waals surface area contributed by atoms with Crippen molar-refractivity contribution in [1.82, 2.24) is 10.2 Å². The molecule has 2 N–H and O–H groups in total. The predicted molar refractivity (Wildman–Crippen MR) is 78.5 cm³/mol. The van der Waals surface area contributed by atoms with Crippen LogP contribution in [0.1, 0.15) is 53.9 Å². The van der Waals surface area contributed by atoms with Crippen LogP contribution in [0.4, 0.5) is 0 Å². The van der Waals surface area contributed by atoms with Gasteiger partial charge in [0.15, 0.2) is 0 Å². The fourth-order valence-electron chi connectivity index (χ4n) is 2.70. The van der Waals surface area contributed by atoms with Crippen molar-refractivity contribution in [2.45, 2.75) is 65.5 Å². The fraction of sp³-hybridized carbons (Fsp3) is 0.867. The van der Waals surface area contributed by atoms with Crippen LogP contribution in [-0.4, -0.2) is 46.6 Å². The van der Waals surface area contributed by atoms with Crippen LogP contribution in [0.25, 0.3) is 0 Å². The first-order valence-electron chi connectivity index (χ1n) is 7.41. The molecule has 1 fully saturated rings. The van der Waals surface area contributed by atoms with E-state index in [0.29, 0.717) is 32.4 Å². The lowest BCUT2D eigenvalue weighted by Crippen LogP contribution is -2.54. The summed E-state index contributed by atoms with van der Waals surface area (Å²) in [4.78, 5) is 25.6. The summed E-state index contributed by atoms with van der Waals surface area (Å²) in [5, 5.41) is 12.4. The largest absolute Gasteiger partial charge is 0.481 e. The zero-order chi connectivity index (χ0) is 15.6. The van der Waals surface area contributed by atoms with Crippen molar-refractivity contribution < 1.29 is 14.7 Å². The summed E-state index contributed by atoms with van der Waals surface area (Å²) >= 11 is 0. The molecule has 1 unspecified atom stereocenters. The van der Waals surface area contributed by atoms with E-state index in [0.717, 1.165) is 0 Å². The first kappa shape index (κ1) is 17.0. The van der Waals surface area contributed by atoms with E-state index in [9.17, 15) is 14.7 Å². The van der Waals surface area contributed by atoms with Crippen LogP contribution in [0.2, 0.25) is 0 Å². The molecule has 5 heteroatoms. The van der Waals surface area contributed by atoms with Gasteiger partial charge in [-0.25, -0.2) is 0 Å². The molecular formula is C15H28N2O3. The Labute approximate surface area is 121 Å². The summed E-state index contributed by atoms with van der Waals surface area (Å²) in [7, 11) is 0. The zero-order valence-corrected chi connectivity index (χ0v) is 13.3.